The van der Waals surface area contributed by atoms with Gasteiger partial charge in [0, 0.05) is 12.5 Å². The van der Waals surface area contributed by atoms with Crippen molar-refractivity contribution in [2.45, 2.75) is 44.6 Å². The highest BCUT2D eigenvalue weighted by Gasteiger charge is 2.44. The number of carbonyl (C=O) groups excluding carboxylic acids is 1. The average Bonchev–Trinajstić information content (AvgIpc) is 2.80. The molecule has 1 heterocycles. The van der Waals surface area contributed by atoms with Crippen LogP contribution in [0.1, 0.15) is 43.2 Å². The Morgan fingerprint density at radius 3 is 3.00 bits per heavy atom. The van der Waals surface area contributed by atoms with Crippen LogP contribution in [-0.4, -0.2) is 25.0 Å². The van der Waals surface area contributed by atoms with Gasteiger partial charge in [-0.3, -0.25) is 4.79 Å². The summed E-state index contributed by atoms with van der Waals surface area (Å²) in [7, 11) is 0. The highest BCUT2D eigenvalue weighted by Crippen LogP contribution is 2.38. The minimum atomic E-state index is -0.494. The number of carbonyl (C=O) groups is 1. The number of Topliss-reactive ketones (excluding diaryl/α,β-unsaturated/α-hetero) is 1. The SMILES string of the molecule is CC1(C(=O)CC2CCCc3ccccc32)COCC1N. The molecule has 0 aromatic heterocycles. The monoisotopic (exact) mass is 273 g/mol. The van der Waals surface area contributed by atoms with Crippen LogP contribution in [0, 0.1) is 5.41 Å². The molecule has 2 aliphatic rings. The second kappa shape index (κ2) is 5.30. The van der Waals surface area contributed by atoms with Crippen LogP contribution >= 0.6 is 0 Å². The van der Waals surface area contributed by atoms with Crippen molar-refractivity contribution in [2.75, 3.05) is 13.2 Å². The van der Waals surface area contributed by atoms with E-state index in [4.69, 9.17) is 10.5 Å². The zero-order valence-corrected chi connectivity index (χ0v) is 12.1. The smallest absolute Gasteiger partial charge is 0.143 e. The molecule has 1 saturated heterocycles. The fourth-order valence-electron chi connectivity index (χ4n) is 3.50. The summed E-state index contributed by atoms with van der Waals surface area (Å²) in [6.45, 7) is 2.94. The number of aryl methyl sites for hydroxylation is 1. The van der Waals surface area contributed by atoms with Crippen LogP contribution in [0.2, 0.25) is 0 Å². The van der Waals surface area contributed by atoms with E-state index in [1.165, 1.54) is 17.5 Å². The third-order valence-corrected chi connectivity index (χ3v) is 5.08. The second-order valence-corrected chi connectivity index (χ2v) is 6.45. The molecule has 3 atom stereocenters. The largest absolute Gasteiger partial charge is 0.379 e. The summed E-state index contributed by atoms with van der Waals surface area (Å²) in [5.74, 6) is 0.626. The van der Waals surface area contributed by atoms with E-state index in [0.29, 0.717) is 25.6 Å². The van der Waals surface area contributed by atoms with Gasteiger partial charge in [-0.15, -0.1) is 0 Å². The van der Waals surface area contributed by atoms with Gasteiger partial charge in [0.15, 0.2) is 0 Å². The van der Waals surface area contributed by atoms with Crippen LogP contribution in [0.3, 0.4) is 0 Å². The summed E-state index contributed by atoms with van der Waals surface area (Å²) >= 11 is 0. The van der Waals surface area contributed by atoms with Crippen molar-refractivity contribution in [1.29, 1.82) is 0 Å². The molecular formula is C17H23NO2. The molecule has 108 valence electrons. The quantitative estimate of drug-likeness (QED) is 0.920. The van der Waals surface area contributed by atoms with Crippen LogP contribution in [0.4, 0.5) is 0 Å². The van der Waals surface area contributed by atoms with E-state index in [1.807, 2.05) is 6.92 Å². The topological polar surface area (TPSA) is 52.3 Å². The van der Waals surface area contributed by atoms with Gasteiger partial charge in [0.05, 0.1) is 18.6 Å². The molecule has 20 heavy (non-hydrogen) atoms. The van der Waals surface area contributed by atoms with Crippen molar-refractivity contribution in [3.8, 4) is 0 Å². The molecule has 2 N–H and O–H groups in total. The first-order valence-corrected chi connectivity index (χ1v) is 7.55. The molecule has 3 rings (SSSR count). The maximum absolute atomic E-state index is 12.7. The molecule has 3 heteroatoms. The normalized spacial score (nSPS) is 32.9. The maximum atomic E-state index is 12.7. The molecule has 3 unspecified atom stereocenters. The van der Waals surface area contributed by atoms with Gasteiger partial charge in [0.2, 0.25) is 0 Å². The molecule has 1 aliphatic heterocycles. The van der Waals surface area contributed by atoms with Gasteiger partial charge in [-0.2, -0.15) is 0 Å². The van der Waals surface area contributed by atoms with Gasteiger partial charge in [0.25, 0.3) is 0 Å². The molecule has 1 fully saturated rings. The maximum Gasteiger partial charge on any atom is 0.143 e. The van der Waals surface area contributed by atoms with Gasteiger partial charge in [-0.25, -0.2) is 0 Å². The number of fused-ring (bicyclic) bond motifs is 1. The van der Waals surface area contributed by atoms with Gasteiger partial charge in [0.1, 0.15) is 5.78 Å². The van der Waals surface area contributed by atoms with E-state index in [9.17, 15) is 4.79 Å². The lowest BCUT2D eigenvalue weighted by Crippen LogP contribution is -2.44. The van der Waals surface area contributed by atoms with Gasteiger partial charge >= 0.3 is 0 Å². The molecule has 1 aromatic rings. The van der Waals surface area contributed by atoms with Crippen LogP contribution in [0.5, 0.6) is 0 Å². The molecular weight excluding hydrogens is 250 g/mol. The summed E-state index contributed by atoms with van der Waals surface area (Å²) in [6, 6.07) is 8.38. The molecule has 0 saturated carbocycles. The zero-order valence-electron chi connectivity index (χ0n) is 12.1. The van der Waals surface area contributed by atoms with Crippen molar-refractivity contribution in [1.82, 2.24) is 0 Å². The molecule has 0 radical (unpaired) electrons. The van der Waals surface area contributed by atoms with E-state index in [2.05, 4.69) is 24.3 Å². The van der Waals surface area contributed by atoms with E-state index in [0.717, 1.165) is 12.8 Å². The number of ketones is 1. The van der Waals surface area contributed by atoms with Crippen LogP contribution in [-0.2, 0) is 16.0 Å². The summed E-state index contributed by atoms with van der Waals surface area (Å²) in [4.78, 5) is 12.7. The number of benzene rings is 1. The number of hydrogen-bond donors (Lipinski definition) is 1. The Bertz CT molecular complexity index is 513. The highest BCUT2D eigenvalue weighted by atomic mass is 16.5. The van der Waals surface area contributed by atoms with E-state index in [1.54, 1.807) is 0 Å². The lowest BCUT2D eigenvalue weighted by Gasteiger charge is -2.30. The molecule has 0 spiro atoms. The predicted molar refractivity (Wildman–Crippen MR) is 78.6 cm³/mol. The molecule has 3 nitrogen and oxygen atoms in total. The lowest BCUT2D eigenvalue weighted by atomic mass is 9.73. The molecule has 1 aliphatic carbocycles. The zero-order chi connectivity index (χ0) is 14.2. The predicted octanol–water partition coefficient (Wildman–Crippen LogP) is 2.43. The first kappa shape index (κ1) is 13.8. The van der Waals surface area contributed by atoms with Crippen molar-refractivity contribution in [3.05, 3.63) is 35.4 Å². The first-order valence-electron chi connectivity index (χ1n) is 7.55. The third kappa shape index (κ3) is 2.29. The Morgan fingerprint density at radius 1 is 1.45 bits per heavy atom. The van der Waals surface area contributed by atoms with Crippen molar-refractivity contribution < 1.29 is 9.53 Å². The summed E-state index contributed by atoms with van der Waals surface area (Å²) < 4.78 is 5.41. The number of hydrogen-bond acceptors (Lipinski definition) is 3. The fourth-order valence-corrected chi connectivity index (χ4v) is 3.50. The Hall–Kier alpha value is -1.19. The number of rotatable bonds is 3. The molecule has 0 amide bonds. The van der Waals surface area contributed by atoms with Crippen LogP contribution < -0.4 is 5.73 Å². The standard InChI is InChI=1S/C17H23NO2/c1-17(11-20-10-15(17)18)16(19)9-13-7-4-6-12-5-2-3-8-14(12)13/h2-3,5,8,13,15H,4,6-7,9-11,18H2,1H3. The summed E-state index contributed by atoms with van der Waals surface area (Å²) in [5, 5.41) is 0. The van der Waals surface area contributed by atoms with Gasteiger partial charge in [-0.05, 0) is 43.2 Å². The van der Waals surface area contributed by atoms with E-state index >= 15 is 0 Å². The minimum Gasteiger partial charge on any atom is -0.379 e. The fraction of sp³-hybridized carbons (Fsp3) is 0.588. The summed E-state index contributed by atoms with van der Waals surface area (Å²) in [5.41, 5.74) is 8.35. The first-order chi connectivity index (χ1) is 9.61. The number of nitrogens with two attached hydrogens (primary N) is 1. The molecule has 0 bridgehead atoms. The van der Waals surface area contributed by atoms with Gasteiger partial charge < -0.3 is 10.5 Å². The lowest BCUT2D eigenvalue weighted by molar-refractivity contribution is -0.128. The van der Waals surface area contributed by atoms with E-state index < -0.39 is 5.41 Å². The Labute approximate surface area is 120 Å². The molecule has 1 aromatic carbocycles. The number of ether oxygens (including phenoxy) is 1. The van der Waals surface area contributed by atoms with Crippen molar-refractivity contribution >= 4 is 5.78 Å². The second-order valence-electron chi connectivity index (χ2n) is 6.45. The Morgan fingerprint density at radius 2 is 2.25 bits per heavy atom. The Balaban J connectivity index is 1.77. The third-order valence-electron chi connectivity index (χ3n) is 5.08. The van der Waals surface area contributed by atoms with Crippen LogP contribution in [0.15, 0.2) is 24.3 Å². The van der Waals surface area contributed by atoms with Crippen molar-refractivity contribution in [3.63, 3.8) is 0 Å². The minimum absolute atomic E-state index is 0.158. The van der Waals surface area contributed by atoms with Gasteiger partial charge in [-0.1, -0.05) is 24.3 Å². The average molecular weight is 273 g/mol. The van der Waals surface area contributed by atoms with Crippen LogP contribution in [0.25, 0.3) is 0 Å². The highest BCUT2D eigenvalue weighted by molar-refractivity contribution is 5.86. The van der Waals surface area contributed by atoms with Crippen molar-refractivity contribution in [2.24, 2.45) is 11.1 Å². The van der Waals surface area contributed by atoms with E-state index in [-0.39, 0.29) is 11.8 Å². The summed E-state index contributed by atoms with van der Waals surface area (Å²) in [6.07, 6.45) is 4.02. The Kier molecular flexibility index (Phi) is 3.65.